The van der Waals surface area contributed by atoms with Crippen molar-refractivity contribution in [2.24, 2.45) is 4.99 Å². The van der Waals surface area contributed by atoms with Crippen molar-refractivity contribution in [3.05, 3.63) is 35.6 Å². The SMILES string of the molecule is CN=C(NCCCCCCCN(C)C)NCCc1ccccc1F. The van der Waals surface area contributed by atoms with Gasteiger partial charge in [0.05, 0.1) is 0 Å². The molecule has 0 unspecified atom stereocenters. The second kappa shape index (κ2) is 12.8. The van der Waals surface area contributed by atoms with Gasteiger partial charge in [-0.2, -0.15) is 0 Å². The van der Waals surface area contributed by atoms with Crippen molar-refractivity contribution in [2.45, 2.75) is 38.5 Å². The third kappa shape index (κ3) is 9.50. The molecule has 2 N–H and O–H groups in total. The van der Waals surface area contributed by atoms with Gasteiger partial charge in [-0.25, -0.2) is 4.39 Å². The van der Waals surface area contributed by atoms with Gasteiger partial charge < -0.3 is 15.5 Å². The van der Waals surface area contributed by atoms with E-state index in [0.717, 1.165) is 24.5 Å². The first-order chi connectivity index (χ1) is 11.6. The summed E-state index contributed by atoms with van der Waals surface area (Å²) in [5.41, 5.74) is 0.734. The van der Waals surface area contributed by atoms with Gasteiger partial charge in [0.1, 0.15) is 5.82 Å². The van der Waals surface area contributed by atoms with Gasteiger partial charge in [0.2, 0.25) is 0 Å². The fourth-order valence-corrected chi connectivity index (χ4v) is 2.53. The molecule has 0 aliphatic heterocycles. The standard InChI is InChI=1S/C19H33FN4/c1-21-19(22-14-9-5-4-6-10-16-24(2)3)23-15-13-17-11-7-8-12-18(17)20/h7-8,11-12H,4-6,9-10,13-16H2,1-3H3,(H2,21,22,23). The van der Waals surface area contributed by atoms with Crippen LogP contribution < -0.4 is 10.6 Å². The molecule has 0 aromatic heterocycles. The molecule has 1 aromatic rings. The molecule has 0 aliphatic rings. The van der Waals surface area contributed by atoms with Gasteiger partial charge in [0.15, 0.2) is 5.96 Å². The summed E-state index contributed by atoms with van der Waals surface area (Å²) in [4.78, 5) is 6.44. The molecule has 136 valence electrons. The Morgan fingerprint density at radius 1 is 1.00 bits per heavy atom. The smallest absolute Gasteiger partial charge is 0.190 e. The van der Waals surface area contributed by atoms with E-state index in [1.54, 1.807) is 13.1 Å². The number of hydrogen-bond acceptors (Lipinski definition) is 2. The number of nitrogens with one attached hydrogen (secondary N) is 2. The Bertz CT molecular complexity index is 474. The summed E-state index contributed by atoms with van der Waals surface area (Å²) in [7, 11) is 6.00. The lowest BCUT2D eigenvalue weighted by Crippen LogP contribution is -2.38. The average molecular weight is 336 g/mol. The van der Waals surface area contributed by atoms with Gasteiger partial charge in [-0.15, -0.1) is 0 Å². The van der Waals surface area contributed by atoms with Crippen LogP contribution in [0.25, 0.3) is 0 Å². The highest BCUT2D eigenvalue weighted by Gasteiger charge is 2.01. The van der Waals surface area contributed by atoms with Crippen molar-refractivity contribution in [1.82, 2.24) is 15.5 Å². The molecular weight excluding hydrogens is 303 g/mol. The predicted octanol–water partition coefficient (Wildman–Crippen LogP) is 3.05. The Morgan fingerprint density at radius 3 is 2.38 bits per heavy atom. The quantitative estimate of drug-likeness (QED) is 0.371. The van der Waals surface area contributed by atoms with Gasteiger partial charge in [0.25, 0.3) is 0 Å². The Hall–Kier alpha value is -1.62. The van der Waals surface area contributed by atoms with Crippen molar-refractivity contribution in [3.8, 4) is 0 Å². The highest BCUT2D eigenvalue weighted by molar-refractivity contribution is 5.79. The summed E-state index contributed by atoms with van der Waals surface area (Å²) in [6.07, 6.45) is 6.91. The second-order valence-electron chi connectivity index (χ2n) is 6.34. The fourth-order valence-electron chi connectivity index (χ4n) is 2.53. The van der Waals surface area contributed by atoms with Gasteiger partial charge in [-0.05, 0) is 51.5 Å². The third-order valence-electron chi connectivity index (χ3n) is 3.94. The number of benzene rings is 1. The Labute approximate surface area is 146 Å². The molecular formula is C19H33FN4. The van der Waals surface area contributed by atoms with Crippen molar-refractivity contribution < 1.29 is 4.39 Å². The lowest BCUT2D eigenvalue weighted by atomic mass is 10.1. The van der Waals surface area contributed by atoms with Crippen molar-refractivity contribution in [2.75, 3.05) is 40.8 Å². The number of nitrogens with zero attached hydrogens (tertiary/aromatic N) is 2. The maximum absolute atomic E-state index is 13.5. The van der Waals surface area contributed by atoms with Crippen LogP contribution in [0.5, 0.6) is 0 Å². The molecule has 0 atom stereocenters. The number of hydrogen-bond donors (Lipinski definition) is 2. The molecule has 1 rings (SSSR count). The molecule has 0 bridgehead atoms. The van der Waals surface area contributed by atoms with Crippen molar-refractivity contribution in [1.29, 1.82) is 0 Å². The Kier molecular flexibility index (Phi) is 10.9. The lowest BCUT2D eigenvalue weighted by molar-refractivity contribution is 0.389. The number of aliphatic imine (C=N–C) groups is 1. The zero-order chi connectivity index (χ0) is 17.6. The summed E-state index contributed by atoms with van der Waals surface area (Å²) < 4.78 is 13.5. The molecule has 24 heavy (non-hydrogen) atoms. The molecule has 0 saturated heterocycles. The monoisotopic (exact) mass is 336 g/mol. The minimum atomic E-state index is -0.142. The second-order valence-corrected chi connectivity index (χ2v) is 6.34. The molecule has 5 heteroatoms. The molecule has 4 nitrogen and oxygen atoms in total. The van der Waals surface area contributed by atoms with Gasteiger partial charge in [0, 0.05) is 20.1 Å². The normalized spacial score (nSPS) is 11.8. The number of rotatable bonds is 11. The summed E-state index contributed by atoms with van der Waals surface area (Å²) >= 11 is 0. The summed E-state index contributed by atoms with van der Waals surface area (Å²) in [5, 5.41) is 6.55. The fraction of sp³-hybridized carbons (Fsp3) is 0.632. The van der Waals surface area contributed by atoms with Gasteiger partial charge in [-0.1, -0.05) is 37.5 Å². The molecule has 0 spiro atoms. The maximum atomic E-state index is 13.5. The van der Waals surface area contributed by atoms with Crippen LogP contribution in [0.15, 0.2) is 29.3 Å². The van der Waals surface area contributed by atoms with Crippen LogP contribution in [0.3, 0.4) is 0 Å². The molecule has 0 saturated carbocycles. The highest BCUT2D eigenvalue weighted by Crippen LogP contribution is 2.06. The summed E-state index contributed by atoms with van der Waals surface area (Å²) in [6, 6.07) is 6.90. The molecule has 0 radical (unpaired) electrons. The summed E-state index contributed by atoms with van der Waals surface area (Å²) in [6.45, 7) is 2.77. The van der Waals surface area contributed by atoms with E-state index >= 15 is 0 Å². The first-order valence-electron chi connectivity index (χ1n) is 8.96. The number of halogens is 1. The molecule has 1 aromatic carbocycles. The van der Waals surface area contributed by atoms with Crippen LogP contribution in [-0.4, -0.2) is 51.6 Å². The Morgan fingerprint density at radius 2 is 1.67 bits per heavy atom. The molecule has 0 heterocycles. The van der Waals surface area contributed by atoms with Crippen LogP contribution in [0, 0.1) is 5.82 Å². The van der Waals surface area contributed by atoms with Crippen molar-refractivity contribution in [3.63, 3.8) is 0 Å². The average Bonchev–Trinajstić information content (AvgIpc) is 2.57. The van der Waals surface area contributed by atoms with E-state index in [-0.39, 0.29) is 5.82 Å². The molecule has 0 fully saturated rings. The zero-order valence-electron chi connectivity index (χ0n) is 15.4. The highest BCUT2D eigenvalue weighted by atomic mass is 19.1. The first kappa shape index (κ1) is 20.4. The van der Waals surface area contributed by atoms with E-state index in [2.05, 4.69) is 34.6 Å². The van der Waals surface area contributed by atoms with E-state index in [1.165, 1.54) is 38.3 Å². The van der Waals surface area contributed by atoms with Crippen LogP contribution in [-0.2, 0) is 6.42 Å². The minimum Gasteiger partial charge on any atom is -0.356 e. The van der Waals surface area contributed by atoms with Crippen LogP contribution in [0.2, 0.25) is 0 Å². The van der Waals surface area contributed by atoms with Crippen LogP contribution in [0.1, 0.15) is 37.7 Å². The van der Waals surface area contributed by atoms with Gasteiger partial charge >= 0.3 is 0 Å². The Balaban J connectivity index is 2.06. The maximum Gasteiger partial charge on any atom is 0.190 e. The van der Waals surface area contributed by atoms with E-state index < -0.39 is 0 Å². The number of unbranched alkanes of at least 4 members (excludes halogenated alkanes) is 4. The van der Waals surface area contributed by atoms with Crippen molar-refractivity contribution >= 4 is 5.96 Å². The zero-order valence-corrected chi connectivity index (χ0v) is 15.4. The third-order valence-corrected chi connectivity index (χ3v) is 3.94. The molecule has 0 aliphatic carbocycles. The van der Waals surface area contributed by atoms with E-state index in [9.17, 15) is 4.39 Å². The topological polar surface area (TPSA) is 39.7 Å². The van der Waals surface area contributed by atoms with Gasteiger partial charge in [-0.3, -0.25) is 4.99 Å². The largest absolute Gasteiger partial charge is 0.356 e. The van der Waals surface area contributed by atoms with E-state index in [1.807, 2.05) is 12.1 Å². The lowest BCUT2D eigenvalue weighted by Gasteiger charge is -2.12. The number of guanidine groups is 1. The first-order valence-corrected chi connectivity index (χ1v) is 8.96. The van der Waals surface area contributed by atoms with E-state index in [0.29, 0.717) is 13.0 Å². The van der Waals surface area contributed by atoms with Crippen LogP contribution in [0.4, 0.5) is 4.39 Å². The van der Waals surface area contributed by atoms with E-state index in [4.69, 9.17) is 0 Å². The summed E-state index contributed by atoms with van der Waals surface area (Å²) in [5.74, 6) is 0.649. The predicted molar refractivity (Wildman–Crippen MR) is 101 cm³/mol. The van der Waals surface area contributed by atoms with Crippen LogP contribution >= 0.6 is 0 Å². The minimum absolute atomic E-state index is 0.142. The molecule has 0 amide bonds.